The Kier molecular flexibility index (Phi) is 6.03. The molecule has 7 nitrogen and oxygen atoms in total. The van der Waals surface area contributed by atoms with Crippen molar-refractivity contribution in [3.63, 3.8) is 0 Å². The molecule has 132 valence electrons. The number of likely N-dealkylation sites (tertiary alicyclic amines) is 1. The van der Waals surface area contributed by atoms with Crippen LogP contribution in [0.4, 0.5) is 9.59 Å². The van der Waals surface area contributed by atoms with Crippen LogP contribution in [0.25, 0.3) is 0 Å². The maximum absolute atomic E-state index is 11.9. The van der Waals surface area contributed by atoms with E-state index in [1.54, 1.807) is 4.90 Å². The molecule has 2 N–H and O–H groups in total. The number of hydroxylamine groups is 1. The van der Waals surface area contributed by atoms with Crippen molar-refractivity contribution < 1.29 is 19.2 Å². The first-order valence-corrected chi connectivity index (χ1v) is 8.03. The maximum atomic E-state index is 11.9. The molecule has 0 spiro atoms. The van der Waals surface area contributed by atoms with Gasteiger partial charge in [-0.1, -0.05) is 30.3 Å². The third-order valence-corrected chi connectivity index (χ3v) is 3.43. The van der Waals surface area contributed by atoms with Gasteiger partial charge in [0.1, 0.15) is 6.61 Å². The zero-order chi connectivity index (χ0) is 17.6. The molecule has 1 atom stereocenters. The minimum absolute atomic E-state index is 0.129. The molecule has 0 unspecified atom stereocenters. The molecule has 1 aromatic carbocycles. The Morgan fingerprint density at radius 3 is 2.62 bits per heavy atom. The summed E-state index contributed by atoms with van der Waals surface area (Å²) in [6.07, 6.45) is -0.246. The van der Waals surface area contributed by atoms with Gasteiger partial charge in [0.05, 0.1) is 6.04 Å². The highest BCUT2D eigenvalue weighted by atomic mass is 16.7. The molecular weight excluding hydrogens is 310 g/mol. The van der Waals surface area contributed by atoms with E-state index < -0.39 is 12.2 Å². The van der Waals surface area contributed by atoms with Crippen molar-refractivity contribution >= 4 is 12.2 Å². The van der Waals surface area contributed by atoms with Gasteiger partial charge < -0.3 is 19.8 Å². The number of rotatable bonds is 4. The minimum atomic E-state index is -0.480. The number of nitrogens with one attached hydrogen (secondary N) is 2. The van der Waals surface area contributed by atoms with Crippen LogP contribution in [0.3, 0.4) is 0 Å². The summed E-state index contributed by atoms with van der Waals surface area (Å²) in [6.45, 7) is 6.87. The normalized spacial score (nSPS) is 17.5. The molecule has 0 bridgehead atoms. The second-order valence-corrected chi connectivity index (χ2v) is 6.86. The molecule has 1 fully saturated rings. The van der Waals surface area contributed by atoms with Crippen molar-refractivity contribution in [3.05, 3.63) is 35.9 Å². The van der Waals surface area contributed by atoms with Gasteiger partial charge in [-0.05, 0) is 32.8 Å². The Morgan fingerprint density at radius 2 is 1.96 bits per heavy atom. The number of hydrogen-bond acceptors (Lipinski definition) is 5. The lowest BCUT2D eigenvalue weighted by atomic mass is 10.1. The molecule has 24 heavy (non-hydrogen) atoms. The van der Waals surface area contributed by atoms with Crippen molar-refractivity contribution in [3.8, 4) is 0 Å². The highest BCUT2D eigenvalue weighted by molar-refractivity contribution is 5.69. The number of nitrogens with zero attached hydrogens (tertiary/aromatic N) is 1. The van der Waals surface area contributed by atoms with Gasteiger partial charge in [-0.15, -0.1) is 5.48 Å². The summed E-state index contributed by atoms with van der Waals surface area (Å²) in [5, 5.41) is 2.78. The van der Waals surface area contributed by atoms with E-state index in [1.165, 1.54) is 0 Å². The van der Waals surface area contributed by atoms with E-state index in [2.05, 4.69) is 10.8 Å². The zero-order valence-electron chi connectivity index (χ0n) is 14.4. The number of carbonyl (C=O) groups is 2. The van der Waals surface area contributed by atoms with E-state index >= 15 is 0 Å². The van der Waals surface area contributed by atoms with Crippen LogP contribution >= 0.6 is 0 Å². The predicted octanol–water partition coefficient (Wildman–Crippen LogP) is 2.43. The quantitative estimate of drug-likeness (QED) is 0.826. The summed E-state index contributed by atoms with van der Waals surface area (Å²) in [7, 11) is 0. The van der Waals surface area contributed by atoms with E-state index in [1.807, 2.05) is 51.1 Å². The molecule has 1 aliphatic heterocycles. The number of hydrogen-bond donors (Lipinski definition) is 2. The lowest BCUT2D eigenvalue weighted by Gasteiger charge is -2.22. The van der Waals surface area contributed by atoms with Crippen molar-refractivity contribution in [2.75, 3.05) is 13.1 Å². The highest BCUT2D eigenvalue weighted by Gasteiger charge is 2.29. The van der Waals surface area contributed by atoms with Gasteiger partial charge in [0.15, 0.2) is 0 Å². The second-order valence-electron chi connectivity index (χ2n) is 6.86. The van der Waals surface area contributed by atoms with Crippen molar-refractivity contribution in [1.29, 1.82) is 0 Å². The number of alkyl carbamates (subject to hydrolysis) is 1. The smallest absolute Gasteiger partial charge is 0.428 e. The summed E-state index contributed by atoms with van der Waals surface area (Å²) in [5.74, 6) is 0. The maximum Gasteiger partial charge on any atom is 0.428 e. The van der Waals surface area contributed by atoms with Crippen LogP contribution in [0.5, 0.6) is 0 Å². The van der Waals surface area contributed by atoms with Gasteiger partial charge in [-0.3, -0.25) is 0 Å². The second kappa shape index (κ2) is 8.01. The molecule has 1 heterocycles. The Hall–Kier alpha value is -2.28. The van der Waals surface area contributed by atoms with Gasteiger partial charge >= 0.3 is 12.2 Å². The SMILES string of the molecule is CC(C)(C)NOC(=O)N1CC[C@@H](NC(=O)OCc2ccccc2)C1. The van der Waals surface area contributed by atoms with Gasteiger partial charge in [0.2, 0.25) is 0 Å². The van der Waals surface area contributed by atoms with E-state index in [-0.39, 0.29) is 18.2 Å². The zero-order valence-corrected chi connectivity index (χ0v) is 14.4. The Bertz CT molecular complexity index is 557. The largest absolute Gasteiger partial charge is 0.445 e. The van der Waals surface area contributed by atoms with Crippen LogP contribution in [-0.2, 0) is 16.2 Å². The molecule has 7 heteroatoms. The third kappa shape index (κ3) is 6.08. The molecule has 1 aromatic rings. The summed E-state index contributed by atoms with van der Waals surface area (Å²) >= 11 is 0. The molecule has 0 saturated carbocycles. The summed E-state index contributed by atoms with van der Waals surface area (Å²) in [5.41, 5.74) is 3.31. The number of benzene rings is 1. The molecule has 1 aliphatic rings. The van der Waals surface area contributed by atoms with Crippen LogP contribution in [0.15, 0.2) is 30.3 Å². The van der Waals surface area contributed by atoms with Crippen molar-refractivity contribution in [2.45, 2.75) is 45.4 Å². The highest BCUT2D eigenvalue weighted by Crippen LogP contribution is 2.11. The fraction of sp³-hybridized carbons (Fsp3) is 0.529. The van der Waals surface area contributed by atoms with Crippen molar-refractivity contribution in [1.82, 2.24) is 15.7 Å². The number of ether oxygens (including phenoxy) is 1. The van der Waals surface area contributed by atoms with Gasteiger partial charge in [-0.2, -0.15) is 0 Å². The van der Waals surface area contributed by atoms with E-state index in [0.29, 0.717) is 19.5 Å². The van der Waals surface area contributed by atoms with Gasteiger partial charge in [0.25, 0.3) is 0 Å². The summed E-state index contributed by atoms with van der Waals surface area (Å²) < 4.78 is 5.18. The number of carbonyl (C=O) groups excluding carboxylic acids is 2. The fourth-order valence-electron chi connectivity index (χ4n) is 2.24. The molecule has 2 amide bonds. The molecule has 0 aromatic heterocycles. The Balaban J connectivity index is 1.69. The molecule has 2 rings (SSSR count). The average molecular weight is 335 g/mol. The molecule has 0 aliphatic carbocycles. The monoisotopic (exact) mass is 335 g/mol. The Labute approximate surface area is 142 Å². The lowest BCUT2D eigenvalue weighted by molar-refractivity contribution is 0.0253. The third-order valence-electron chi connectivity index (χ3n) is 3.43. The van der Waals surface area contributed by atoms with Crippen LogP contribution in [-0.4, -0.2) is 41.8 Å². The van der Waals surface area contributed by atoms with Crippen LogP contribution in [0.1, 0.15) is 32.8 Å². The van der Waals surface area contributed by atoms with Crippen molar-refractivity contribution in [2.24, 2.45) is 0 Å². The standard InChI is InChI=1S/C17H25N3O4/c1-17(2,3)19-24-16(22)20-10-9-14(11-20)18-15(21)23-12-13-7-5-4-6-8-13/h4-8,14,19H,9-12H2,1-3H3,(H,18,21)/t14-/m1/s1. The predicted molar refractivity (Wildman–Crippen MR) is 89.1 cm³/mol. The Morgan fingerprint density at radius 1 is 1.25 bits per heavy atom. The van der Waals surface area contributed by atoms with E-state index in [0.717, 1.165) is 5.56 Å². The molecule has 0 radical (unpaired) electrons. The first-order chi connectivity index (χ1) is 11.3. The lowest BCUT2D eigenvalue weighted by Crippen LogP contribution is -2.43. The average Bonchev–Trinajstić information content (AvgIpc) is 2.99. The topological polar surface area (TPSA) is 79.9 Å². The van der Waals surface area contributed by atoms with Gasteiger partial charge in [0, 0.05) is 18.6 Å². The van der Waals surface area contributed by atoms with Crippen LogP contribution in [0.2, 0.25) is 0 Å². The van der Waals surface area contributed by atoms with Crippen LogP contribution in [0, 0.1) is 0 Å². The van der Waals surface area contributed by atoms with Crippen LogP contribution < -0.4 is 10.8 Å². The molecule has 1 saturated heterocycles. The first-order valence-electron chi connectivity index (χ1n) is 8.03. The fourth-order valence-corrected chi connectivity index (χ4v) is 2.24. The van der Waals surface area contributed by atoms with E-state index in [4.69, 9.17) is 9.57 Å². The summed E-state index contributed by atoms with van der Waals surface area (Å²) in [4.78, 5) is 30.4. The van der Waals surface area contributed by atoms with E-state index in [9.17, 15) is 9.59 Å². The molecular formula is C17H25N3O4. The first kappa shape index (κ1) is 18.1. The summed E-state index contributed by atoms with van der Waals surface area (Å²) in [6, 6.07) is 9.34. The number of amides is 2. The van der Waals surface area contributed by atoms with Gasteiger partial charge in [-0.25, -0.2) is 9.59 Å². The minimum Gasteiger partial charge on any atom is -0.445 e.